The van der Waals surface area contributed by atoms with Gasteiger partial charge in [0.25, 0.3) is 0 Å². The topological polar surface area (TPSA) is 41.9 Å². The highest BCUT2D eigenvalue weighted by molar-refractivity contribution is 5.71. The number of hydrogen-bond acceptors (Lipinski definition) is 4. The van der Waals surface area contributed by atoms with E-state index in [9.17, 15) is 0 Å². The van der Waals surface area contributed by atoms with Crippen molar-refractivity contribution in [3.63, 3.8) is 0 Å². The van der Waals surface area contributed by atoms with Gasteiger partial charge in [0, 0.05) is 25.0 Å². The Hall–Kier alpha value is -2.49. The van der Waals surface area contributed by atoms with Gasteiger partial charge in [0.05, 0.1) is 0 Å². The fourth-order valence-corrected chi connectivity index (χ4v) is 2.89. The first-order chi connectivity index (χ1) is 11.2. The molecule has 0 amide bonds. The van der Waals surface area contributed by atoms with Gasteiger partial charge in [-0.3, -0.25) is 4.98 Å². The third kappa shape index (κ3) is 2.89. The molecule has 0 spiro atoms. The maximum atomic E-state index is 4.73. The molecule has 0 atom stereocenters. The van der Waals surface area contributed by atoms with E-state index in [1.165, 1.54) is 29.5 Å². The van der Waals surface area contributed by atoms with E-state index in [-0.39, 0.29) is 0 Å². The fraction of sp³-hybridized carbons (Fsp3) is 0.316. The minimum atomic E-state index is 0.596. The van der Waals surface area contributed by atoms with Crippen molar-refractivity contribution in [1.82, 2.24) is 15.0 Å². The highest BCUT2D eigenvalue weighted by Gasteiger charge is 2.30. The Morgan fingerprint density at radius 1 is 1.00 bits per heavy atom. The summed E-state index contributed by atoms with van der Waals surface area (Å²) in [4.78, 5) is 15.8. The molecule has 0 unspecified atom stereocenters. The number of aryl methyl sites for hydroxylation is 2. The zero-order chi connectivity index (χ0) is 15.8. The second-order valence-electron chi connectivity index (χ2n) is 6.35. The van der Waals surface area contributed by atoms with E-state index in [1.807, 2.05) is 6.07 Å². The van der Waals surface area contributed by atoms with Crippen LogP contribution in [0.5, 0.6) is 0 Å². The third-order valence-electron chi connectivity index (χ3n) is 4.52. The third-order valence-corrected chi connectivity index (χ3v) is 4.52. The highest BCUT2D eigenvalue weighted by Crippen LogP contribution is 2.32. The van der Waals surface area contributed by atoms with E-state index < -0.39 is 0 Å². The van der Waals surface area contributed by atoms with E-state index in [4.69, 9.17) is 4.98 Å². The molecule has 0 saturated heterocycles. The van der Waals surface area contributed by atoms with Crippen molar-refractivity contribution < 1.29 is 0 Å². The molecular weight excluding hydrogens is 284 g/mol. The van der Waals surface area contributed by atoms with Crippen LogP contribution < -0.4 is 4.90 Å². The molecule has 4 rings (SSSR count). The van der Waals surface area contributed by atoms with Crippen molar-refractivity contribution in [3.8, 4) is 0 Å². The quantitative estimate of drug-likeness (QED) is 0.735. The number of benzene rings is 1. The standard InChI is InChI=1S/C19H20N4/c1-13-3-4-15(11-14(13)2)12-23(16-5-6-16)18-8-7-17-19(22-18)21-10-9-20-17/h3-4,7-11,16H,5-6,12H2,1-2H3. The normalized spacial score (nSPS) is 14.2. The Balaban J connectivity index is 1.67. The van der Waals surface area contributed by atoms with Gasteiger partial charge in [-0.1, -0.05) is 18.2 Å². The molecule has 2 aromatic heterocycles. The van der Waals surface area contributed by atoms with E-state index in [0.29, 0.717) is 6.04 Å². The number of fused-ring (bicyclic) bond motifs is 1. The molecule has 4 nitrogen and oxygen atoms in total. The summed E-state index contributed by atoms with van der Waals surface area (Å²) in [6.07, 6.45) is 5.89. The summed E-state index contributed by atoms with van der Waals surface area (Å²) in [6.45, 7) is 5.22. The molecule has 1 fully saturated rings. The van der Waals surface area contributed by atoms with Gasteiger partial charge >= 0.3 is 0 Å². The second kappa shape index (κ2) is 5.61. The van der Waals surface area contributed by atoms with Gasteiger partial charge in [-0.2, -0.15) is 0 Å². The van der Waals surface area contributed by atoms with Crippen LogP contribution in [0.2, 0.25) is 0 Å². The van der Waals surface area contributed by atoms with Crippen LogP contribution >= 0.6 is 0 Å². The Morgan fingerprint density at radius 2 is 1.83 bits per heavy atom. The smallest absolute Gasteiger partial charge is 0.180 e. The maximum Gasteiger partial charge on any atom is 0.180 e. The monoisotopic (exact) mass is 304 g/mol. The second-order valence-corrected chi connectivity index (χ2v) is 6.35. The Morgan fingerprint density at radius 3 is 2.61 bits per heavy atom. The summed E-state index contributed by atoms with van der Waals surface area (Å²) in [7, 11) is 0. The van der Waals surface area contributed by atoms with Gasteiger partial charge < -0.3 is 4.90 Å². The van der Waals surface area contributed by atoms with Crippen LogP contribution in [0.15, 0.2) is 42.7 Å². The lowest BCUT2D eigenvalue weighted by Crippen LogP contribution is -2.26. The van der Waals surface area contributed by atoms with Gasteiger partial charge in [-0.15, -0.1) is 0 Å². The lowest BCUT2D eigenvalue weighted by Gasteiger charge is -2.24. The number of hydrogen-bond donors (Lipinski definition) is 0. The number of anilines is 1. The summed E-state index contributed by atoms with van der Waals surface area (Å²) in [6, 6.07) is 11.4. The van der Waals surface area contributed by atoms with Crippen molar-refractivity contribution in [2.24, 2.45) is 0 Å². The SMILES string of the molecule is Cc1ccc(CN(c2ccc3nccnc3n2)C2CC2)cc1C. The summed E-state index contributed by atoms with van der Waals surface area (Å²) in [5.41, 5.74) is 5.58. The first-order valence-electron chi connectivity index (χ1n) is 8.11. The first kappa shape index (κ1) is 14.1. The van der Waals surface area contributed by atoms with Crippen LogP contribution in [0.4, 0.5) is 5.82 Å². The average molecular weight is 304 g/mol. The molecule has 4 heteroatoms. The summed E-state index contributed by atoms with van der Waals surface area (Å²) in [5.74, 6) is 0.999. The molecular formula is C19H20N4. The fourth-order valence-electron chi connectivity index (χ4n) is 2.89. The van der Waals surface area contributed by atoms with Crippen LogP contribution in [0.1, 0.15) is 29.5 Å². The average Bonchev–Trinajstić information content (AvgIpc) is 3.40. The molecule has 2 heterocycles. The summed E-state index contributed by atoms with van der Waals surface area (Å²) in [5, 5.41) is 0. The maximum absolute atomic E-state index is 4.73. The van der Waals surface area contributed by atoms with E-state index in [0.717, 1.165) is 23.5 Å². The number of pyridine rings is 1. The number of nitrogens with zero attached hydrogens (tertiary/aromatic N) is 4. The van der Waals surface area contributed by atoms with Gasteiger partial charge in [-0.05, 0) is 55.5 Å². The molecule has 0 aliphatic heterocycles. The number of rotatable bonds is 4. The van der Waals surface area contributed by atoms with Crippen LogP contribution in [0.25, 0.3) is 11.2 Å². The van der Waals surface area contributed by atoms with Crippen LogP contribution in [-0.4, -0.2) is 21.0 Å². The highest BCUT2D eigenvalue weighted by atomic mass is 15.2. The molecule has 1 saturated carbocycles. The lowest BCUT2D eigenvalue weighted by atomic mass is 10.1. The first-order valence-corrected chi connectivity index (χ1v) is 8.11. The summed E-state index contributed by atoms with van der Waals surface area (Å²) < 4.78 is 0. The van der Waals surface area contributed by atoms with Crippen molar-refractivity contribution in [2.75, 3.05) is 4.90 Å². The van der Waals surface area contributed by atoms with E-state index in [1.54, 1.807) is 12.4 Å². The minimum absolute atomic E-state index is 0.596. The lowest BCUT2D eigenvalue weighted by molar-refractivity contribution is 0.779. The van der Waals surface area contributed by atoms with Gasteiger partial charge in [0.2, 0.25) is 0 Å². The molecule has 23 heavy (non-hydrogen) atoms. The molecule has 0 radical (unpaired) electrons. The van der Waals surface area contributed by atoms with Crippen LogP contribution in [0.3, 0.4) is 0 Å². The Kier molecular flexibility index (Phi) is 3.45. The van der Waals surface area contributed by atoms with Crippen molar-refractivity contribution >= 4 is 17.0 Å². The molecule has 1 aliphatic rings. The zero-order valence-electron chi connectivity index (χ0n) is 13.5. The summed E-state index contributed by atoms with van der Waals surface area (Å²) >= 11 is 0. The Bertz CT molecular complexity index is 855. The molecule has 0 bridgehead atoms. The molecule has 116 valence electrons. The predicted molar refractivity (Wildman–Crippen MR) is 92.5 cm³/mol. The van der Waals surface area contributed by atoms with Crippen LogP contribution in [0, 0.1) is 13.8 Å². The van der Waals surface area contributed by atoms with E-state index >= 15 is 0 Å². The van der Waals surface area contributed by atoms with Gasteiger partial charge in [-0.25, -0.2) is 9.97 Å². The Labute approximate surface area is 136 Å². The van der Waals surface area contributed by atoms with Gasteiger partial charge in [0.15, 0.2) is 5.65 Å². The van der Waals surface area contributed by atoms with Crippen molar-refractivity contribution in [3.05, 3.63) is 59.4 Å². The largest absolute Gasteiger partial charge is 0.349 e. The molecule has 1 aliphatic carbocycles. The van der Waals surface area contributed by atoms with E-state index in [2.05, 4.69) is 53.0 Å². The predicted octanol–water partition coefficient (Wildman–Crippen LogP) is 3.81. The van der Waals surface area contributed by atoms with Crippen molar-refractivity contribution in [1.29, 1.82) is 0 Å². The molecule has 1 aromatic carbocycles. The molecule has 0 N–H and O–H groups in total. The zero-order valence-corrected chi connectivity index (χ0v) is 13.5. The minimum Gasteiger partial charge on any atom is -0.349 e. The van der Waals surface area contributed by atoms with Gasteiger partial charge in [0.1, 0.15) is 11.3 Å². The van der Waals surface area contributed by atoms with Crippen LogP contribution in [-0.2, 0) is 6.54 Å². The number of aromatic nitrogens is 3. The van der Waals surface area contributed by atoms with Crippen molar-refractivity contribution in [2.45, 2.75) is 39.3 Å². The molecule has 3 aromatic rings.